The van der Waals surface area contributed by atoms with Crippen LogP contribution in [0.1, 0.15) is 32.6 Å². The van der Waals surface area contributed by atoms with Gasteiger partial charge in [-0.2, -0.15) is 0 Å². The van der Waals surface area contributed by atoms with Crippen LogP contribution in [0.5, 0.6) is 0 Å². The van der Waals surface area contributed by atoms with E-state index in [1.807, 2.05) is 0 Å². The van der Waals surface area contributed by atoms with E-state index in [0.29, 0.717) is 11.5 Å². The van der Waals surface area contributed by atoms with Crippen molar-refractivity contribution in [3.63, 3.8) is 0 Å². The second-order valence-corrected chi connectivity index (χ2v) is 2.85. The van der Waals surface area contributed by atoms with E-state index in [1.165, 1.54) is 0 Å². The Kier molecular flexibility index (Phi) is 12.0. The first-order valence-electron chi connectivity index (χ1n) is 3.74. The van der Waals surface area contributed by atoms with Crippen LogP contribution < -0.4 is 34.7 Å². The molecule has 0 fully saturated rings. The first-order valence-corrected chi connectivity index (χ1v) is 4.11. The summed E-state index contributed by atoms with van der Waals surface area (Å²) in [6, 6.07) is 0. The molecule has 0 spiro atoms. The van der Waals surface area contributed by atoms with Crippen LogP contribution in [0.2, 0.25) is 0 Å². The number of halogens is 1. The maximum atomic E-state index is 9.97. The van der Waals surface area contributed by atoms with Crippen molar-refractivity contribution in [2.45, 2.75) is 32.6 Å². The molecule has 0 saturated carbocycles. The molecule has 12 heavy (non-hydrogen) atoms. The number of carbonyl (C=O) groups is 1. The fraction of sp³-hybridized carbons (Fsp3) is 0.625. The van der Waals surface area contributed by atoms with E-state index < -0.39 is 5.97 Å². The molecule has 0 radical (unpaired) electrons. The molecule has 0 heterocycles. The van der Waals surface area contributed by atoms with Crippen LogP contribution in [-0.2, 0) is 4.79 Å². The molecule has 4 heteroatoms. The van der Waals surface area contributed by atoms with Crippen LogP contribution in [0, 0.1) is 0 Å². The third-order valence-corrected chi connectivity index (χ3v) is 1.59. The molecule has 0 aliphatic rings. The Morgan fingerprint density at radius 2 is 2.08 bits per heavy atom. The van der Waals surface area contributed by atoms with Crippen molar-refractivity contribution < 1.29 is 39.5 Å². The molecule has 0 saturated heterocycles. The summed E-state index contributed by atoms with van der Waals surface area (Å²) in [6.07, 6.45) is 4.71. The van der Waals surface area contributed by atoms with E-state index in [2.05, 4.69) is 6.92 Å². The van der Waals surface area contributed by atoms with Gasteiger partial charge in [0.1, 0.15) is 0 Å². The average Bonchev–Trinajstić information content (AvgIpc) is 1.86. The Bertz CT molecular complexity index is 157. The third kappa shape index (κ3) is 10.5. The summed E-state index contributed by atoms with van der Waals surface area (Å²) >= 11 is 5.55. The maximum absolute atomic E-state index is 9.97. The molecule has 0 aliphatic heterocycles. The zero-order valence-electron chi connectivity index (χ0n) is 7.60. The average molecular weight is 199 g/mol. The van der Waals surface area contributed by atoms with Gasteiger partial charge in [0, 0.05) is 5.03 Å². The van der Waals surface area contributed by atoms with Gasteiger partial charge in [0.25, 0.3) is 0 Å². The molecule has 0 bridgehead atoms. The summed E-state index contributed by atoms with van der Waals surface area (Å²) < 4.78 is 0. The van der Waals surface area contributed by atoms with Crippen molar-refractivity contribution in [2.24, 2.45) is 0 Å². The smallest absolute Gasteiger partial charge is 0.545 e. The number of rotatable bonds is 5. The summed E-state index contributed by atoms with van der Waals surface area (Å²) in [5, 5.41) is 10.3. The quantitative estimate of drug-likeness (QED) is 0.305. The Hall–Kier alpha value is 0.500. The molecule has 0 aromatic carbocycles. The summed E-state index contributed by atoms with van der Waals surface area (Å²) in [4.78, 5) is 9.97. The molecule has 0 unspecified atom stereocenters. The Morgan fingerprint density at radius 3 is 2.50 bits per heavy atom. The number of hydrogen-bond acceptors (Lipinski definition) is 2. The first kappa shape index (κ1) is 15.0. The molecule has 0 aromatic heterocycles. The van der Waals surface area contributed by atoms with Gasteiger partial charge >= 0.3 is 29.6 Å². The molecule has 2 nitrogen and oxygen atoms in total. The molecule has 0 N–H and O–H groups in total. The van der Waals surface area contributed by atoms with Gasteiger partial charge in [-0.3, -0.25) is 0 Å². The van der Waals surface area contributed by atoms with Crippen molar-refractivity contribution in [2.75, 3.05) is 0 Å². The second-order valence-electron chi connectivity index (χ2n) is 2.37. The Labute approximate surface area is 100 Å². The number of aliphatic carboxylic acids is 1. The summed E-state index contributed by atoms with van der Waals surface area (Å²) in [5.74, 6) is -1.22. The van der Waals surface area contributed by atoms with Gasteiger partial charge < -0.3 is 9.90 Å². The van der Waals surface area contributed by atoms with Crippen LogP contribution in [-0.4, -0.2) is 5.97 Å². The Morgan fingerprint density at radius 1 is 1.50 bits per heavy atom. The van der Waals surface area contributed by atoms with Gasteiger partial charge in [-0.1, -0.05) is 31.4 Å². The van der Waals surface area contributed by atoms with Crippen molar-refractivity contribution in [3.8, 4) is 0 Å². The van der Waals surface area contributed by atoms with Crippen LogP contribution in [0.25, 0.3) is 0 Å². The van der Waals surface area contributed by atoms with Gasteiger partial charge in [-0.15, -0.1) is 0 Å². The number of carbonyl (C=O) groups excluding carboxylic acids is 1. The molecule has 0 aliphatic carbocycles. The topological polar surface area (TPSA) is 40.1 Å². The normalized spacial score (nSPS) is 10.7. The standard InChI is InChI=1S/C8H13ClO2.Na/c1-2-3-4-5-7(9)6-8(10)11;/h6H,2-5H2,1H3,(H,10,11);/q;+1/p-1/b7-6-;. The first-order chi connectivity index (χ1) is 5.16. The minimum absolute atomic E-state index is 0. The van der Waals surface area contributed by atoms with Gasteiger partial charge in [-0.25, -0.2) is 0 Å². The number of carboxylic acid groups (broad SMARTS) is 1. The van der Waals surface area contributed by atoms with E-state index in [1.54, 1.807) is 0 Å². The zero-order chi connectivity index (χ0) is 8.69. The fourth-order valence-corrected chi connectivity index (χ4v) is 0.967. The van der Waals surface area contributed by atoms with E-state index in [4.69, 9.17) is 11.6 Å². The van der Waals surface area contributed by atoms with E-state index in [-0.39, 0.29) is 29.6 Å². The van der Waals surface area contributed by atoms with Crippen molar-refractivity contribution >= 4 is 17.6 Å². The summed E-state index contributed by atoms with van der Waals surface area (Å²) in [7, 11) is 0. The van der Waals surface area contributed by atoms with Gasteiger partial charge in [0.2, 0.25) is 0 Å². The largest absolute Gasteiger partial charge is 1.00 e. The number of carboxylic acids is 1. The van der Waals surface area contributed by atoms with E-state index in [0.717, 1.165) is 25.3 Å². The number of hydrogen-bond donors (Lipinski definition) is 0. The minimum atomic E-state index is -1.22. The van der Waals surface area contributed by atoms with Crippen LogP contribution in [0.15, 0.2) is 11.1 Å². The second kappa shape index (κ2) is 9.59. The fourth-order valence-electron chi connectivity index (χ4n) is 0.744. The molecule has 0 aromatic rings. The van der Waals surface area contributed by atoms with Crippen LogP contribution in [0.4, 0.5) is 0 Å². The van der Waals surface area contributed by atoms with Gasteiger partial charge in [0.15, 0.2) is 0 Å². The molecule has 0 rings (SSSR count). The maximum Gasteiger partial charge on any atom is 1.00 e. The van der Waals surface area contributed by atoms with Crippen molar-refractivity contribution in [1.29, 1.82) is 0 Å². The third-order valence-electron chi connectivity index (χ3n) is 1.29. The zero-order valence-corrected chi connectivity index (χ0v) is 10.4. The van der Waals surface area contributed by atoms with E-state index in [9.17, 15) is 9.90 Å². The van der Waals surface area contributed by atoms with Crippen molar-refractivity contribution in [3.05, 3.63) is 11.1 Å². The van der Waals surface area contributed by atoms with Crippen LogP contribution in [0.3, 0.4) is 0 Å². The minimum Gasteiger partial charge on any atom is -0.545 e. The summed E-state index contributed by atoms with van der Waals surface area (Å²) in [5.41, 5.74) is 0. The van der Waals surface area contributed by atoms with Crippen molar-refractivity contribution in [1.82, 2.24) is 0 Å². The monoisotopic (exact) mass is 198 g/mol. The molecule has 64 valence electrons. The van der Waals surface area contributed by atoms with Crippen LogP contribution >= 0.6 is 11.6 Å². The molecular weight excluding hydrogens is 187 g/mol. The predicted octanol–water partition coefficient (Wildman–Crippen LogP) is -1.56. The Balaban J connectivity index is 0. The molecule has 0 atom stereocenters. The number of allylic oxidation sites excluding steroid dienone is 1. The molecular formula is C8H12ClNaO2. The predicted molar refractivity (Wildman–Crippen MR) is 43.1 cm³/mol. The summed E-state index contributed by atoms with van der Waals surface area (Å²) in [6.45, 7) is 2.08. The van der Waals surface area contributed by atoms with Gasteiger partial charge in [0.05, 0.1) is 5.97 Å². The van der Waals surface area contributed by atoms with Gasteiger partial charge in [-0.05, 0) is 18.9 Å². The molecule has 0 amide bonds. The van der Waals surface area contributed by atoms with E-state index >= 15 is 0 Å². The number of unbranched alkanes of at least 4 members (excludes halogenated alkanes) is 2. The SMILES string of the molecule is CCCCC/C(Cl)=C/C(=O)[O-].[Na+].